The van der Waals surface area contributed by atoms with E-state index in [4.69, 9.17) is 9.25 Å². The van der Waals surface area contributed by atoms with Gasteiger partial charge in [-0.3, -0.25) is 0 Å². The molecular formula is C12H18F3NO2Si. The fourth-order valence-corrected chi connectivity index (χ4v) is 2.26. The number of nitrogens with zero attached hydrogens (tertiary/aromatic N) is 1. The summed E-state index contributed by atoms with van der Waals surface area (Å²) in [7, 11) is -1.79. The summed E-state index contributed by atoms with van der Waals surface area (Å²) in [5, 5.41) is 3.77. The molecule has 0 unspecified atom stereocenters. The number of hydrogen-bond donors (Lipinski definition) is 0. The Morgan fingerprint density at radius 3 is 2.21 bits per heavy atom. The Hall–Kier alpha value is -1.24. The molecule has 0 saturated heterocycles. The van der Waals surface area contributed by atoms with Crippen LogP contribution in [0, 0.1) is 0 Å². The largest absolute Gasteiger partial charge is 0.464 e. The van der Waals surface area contributed by atoms with Gasteiger partial charge in [0.25, 0.3) is 0 Å². The fraction of sp³-hybridized carbons (Fsp3) is 0.583. The Kier molecular flexibility index (Phi) is 4.49. The first kappa shape index (κ1) is 15.8. The molecule has 0 aliphatic heterocycles. The molecule has 3 nitrogen and oxygen atoms in total. The molecule has 19 heavy (non-hydrogen) atoms. The molecular weight excluding hydrogens is 275 g/mol. The second-order valence-corrected chi connectivity index (χ2v) is 10.5. The van der Waals surface area contributed by atoms with Crippen LogP contribution in [0.2, 0.25) is 19.6 Å². The molecule has 0 aliphatic carbocycles. The van der Waals surface area contributed by atoms with Crippen molar-refractivity contribution in [3.05, 3.63) is 17.9 Å². The van der Waals surface area contributed by atoms with Gasteiger partial charge in [-0.15, -0.1) is 0 Å². The molecule has 1 rings (SSSR count). The lowest BCUT2D eigenvalue weighted by molar-refractivity contribution is -0.0634. The van der Waals surface area contributed by atoms with Gasteiger partial charge in [-0.25, -0.2) is 0 Å². The highest BCUT2D eigenvalue weighted by Crippen LogP contribution is 2.23. The molecule has 0 atom stereocenters. The van der Waals surface area contributed by atoms with Crippen molar-refractivity contribution in [2.45, 2.75) is 45.8 Å². The SMILES string of the molecule is CC(C)O/N=C(\c1ccc([Si](C)(C)C)o1)C(F)(F)F. The second kappa shape index (κ2) is 5.40. The average molecular weight is 293 g/mol. The van der Waals surface area contributed by atoms with Crippen molar-refractivity contribution in [2.24, 2.45) is 5.16 Å². The molecule has 0 saturated carbocycles. The first-order chi connectivity index (χ1) is 8.51. The molecule has 1 heterocycles. The zero-order chi connectivity index (χ0) is 14.8. The van der Waals surface area contributed by atoms with Gasteiger partial charge in [0.05, 0.1) is 5.38 Å². The van der Waals surface area contributed by atoms with Crippen LogP contribution in [0.1, 0.15) is 19.6 Å². The number of halogens is 3. The van der Waals surface area contributed by atoms with Crippen molar-refractivity contribution in [1.82, 2.24) is 0 Å². The third-order valence-electron chi connectivity index (χ3n) is 2.20. The van der Waals surface area contributed by atoms with E-state index in [0.717, 1.165) is 0 Å². The first-order valence-electron chi connectivity index (χ1n) is 5.93. The molecule has 0 aliphatic rings. The number of alkyl halides is 3. The zero-order valence-electron chi connectivity index (χ0n) is 11.6. The van der Waals surface area contributed by atoms with E-state index in [0.29, 0.717) is 5.38 Å². The normalized spacial score (nSPS) is 14.1. The van der Waals surface area contributed by atoms with Crippen LogP contribution < -0.4 is 5.38 Å². The lowest BCUT2D eigenvalue weighted by Gasteiger charge is -2.12. The first-order valence-corrected chi connectivity index (χ1v) is 9.43. The quantitative estimate of drug-likeness (QED) is 0.483. The summed E-state index contributed by atoms with van der Waals surface area (Å²) in [5.74, 6) is -0.300. The highest BCUT2D eigenvalue weighted by atomic mass is 28.3. The molecule has 108 valence electrons. The van der Waals surface area contributed by atoms with Gasteiger partial charge in [-0.2, -0.15) is 13.2 Å². The van der Waals surface area contributed by atoms with Crippen molar-refractivity contribution < 1.29 is 22.4 Å². The molecule has 0 amide bonds. The van der Waals surface area contributed by atoms with Crippen molar-refractivity contribution >= 4 is 19.2 Å². The molecule has 0 spiro atoms. The summed E-state index contributed by atoms with van der Waals surface area (Å²) in [5.41, 5.74) is -1.13. The van der Waals surface area contributed by atoms with Crippen LogP contribution in [0.25, 0.3) is 0 Å². The fourth-order valence-electron chi connectivity index (χ4n) is 1.26. The molecule has 0 N–H and O–H groups in total. The van der Waals surface area contributed by atoms with E-state index in [1.54, 1.807) is 19.9 Å². The van der Waals surface area contributed by atoms with Gasteiger partial charge < -0.3 is 9.25 Å². The summed E-state index contributed by atoms with van der Waals surface area (Å²) >= 11 is 0. The molecule has 7 heteroatoms. The molecule has 0 fully saturated rings. The van der Waals surface area contributed by atoms with E-state index in [1.807, 2.05) is 19.6 Å². The molecule has 1 aromatic heterocycles. The van der Waals surface area contributed by atoms with E-state index in [2.05, 4.69) is 5.16 Å². The van der Waals surface area contributed by atoms with E-state index in [9.17, 15) is 13.2 Å². The van der Waals surface area contributed by atoms with Crippen molar-refractivity contribution in [2.75, 3.05) is 0 Å². The van der Waals surface area contributed by atoms with Crippen LogP contribution in [0.3, 0.4) is 0 Å². The van der Waals surface area contributed by atoms with Gasteiger partial charge in [0.15, 0.2) is 5.76 Å². The van der Waals surface area contributed by atoms with Gasteiger partial charge in [0.2, 0.25) is 5.71 Å². The van der Waals surface area contributed by atoms with Crippen LogP contribution in [0.4, 0.5) is 13.2 Å². The monoisotopic (exact) mass is 293 g/mol. The maximum atomic E-state index is 12.9. The standard InChI is InChI=1S/C12H18F3NO2Si/c1-8(2)18-16-11(12(13,14)15)9-6-7-10(17-9)19(3,4)5/h6-8H,1-5H3/b16-11+. The van der Waals surface area contributed by atoms with Crippen LogP contribution >= 0.6 is 0 Å². The van der Waals surface area contributed by atoms with Crippen LogP contribution in [-0.2, 0) is 4.84 Å². The lowest BCUT2D eigenvalue weighted by Crippen LogP contribution is -2.36. The summed E-state index contributed by atoms with van der Waals surface area (Å²) in [6.07, 6.45) is -5.03. The van der Waals surface area contributed by atoms with Crippen molar-refractivity contribution in [3.8, 4) is 0 Å². The Bertz CT molecular complexity index is 458. The van der Waals surface area contributed by atoms with E-state index in [-0.39, 0.29) is 5.76 Å². The van der Waals surface area contributed by atoms with Crippen molar-refractivity contribution in [3.63, 3.8) is 0 Å². The highest BCUT2D eigenvalue weighted by Gasteiger charge is 2.40. The molecule has 0 radical (unpaired) electrons. The number of furan rings is 1. The Labute approximate surface area is 111 Å². The van der Waals surface area contributed by atoms with Gasteiger partial charge in [-0.05, 0) is 26.0 Å². The van der Waals surface area contributed by atoms with E-state index < -0.39 is 26.1 Å². The predicted molar refractivity (Wildman–Crippen MR) is 70.5 cm³/mol. The smallest absolute Gasteiger partial charge is 0.440 e. The highest BCUT2D eigenvalue weighted by molar-refractivity contribution is 6.87. The van der Waals surface area contributed by atoms with Gasteiger partial charge in [0, 0.05) is 0 Å². The number of hydrogen-bond acceptors (Lipinski definition) is 3. The van der Waals surface area contributed by atoms with Crippen LogP contribution in [0.5, 0.6) is 0 Å². The minimum absolute atomic E-state index is 0.300. The lowest BCUT2D eigenvalue weighted by atomic mass is 10.3. The summed E-state index contributed by atoms with van der Waals surface area (Å²) < 4.78 is 44.0. The summed E-state index contributed by atoms with van der Waals surface area (Å²) in [6, 6.07) is 2.88. The Balaban J connectivity index is 3.13. The zero-order valence-corrected chi connectivity index (χ0v) is 12.6. The van der Waals surface area contributed by atoms with E-state index >= 15 is 0 Å². The van der Waals surface area contributed by atoms with Gasteiger partial charge >= 0.3 is 6.18 Å². The molecule has 1 aromatic rings. The summed E-state index contributed by atoms with van der Waals surface area (Å²) in [4.78, 5) is 4.70. The maximum absolute atomic E-state index is 12.9. The molecule has 0 aromatic carbocycles. The minimum Gasteiger partial charge on any atom is -0.464 e. The Morgan fingerprint density at radius 2 is 1.84 bits per heavy atom. The van der Waals surface area contributed by atoms with Crippen molar-refractivity contribution in [1.29, 1.82) is 0 Å². The number of rotatable bonds is 4. The maximum Gasteiger partial charge on any atom is 0.440 e. The average Bonchev–Trinajstić information content (AvgIpc) is 2.63. The van der Waals surface area contributed by atoms with Crippen LogP contribution in [0.15, 0.2) is 21.7 Å². The number of oxime groups is 1. The van der Waals surface area contributed by atoms with Crippen LogP contribution in [-0.4, -0.2) is 26.1 Å². The van der Waals surface area contributed by atoms with E-state index in [1.165, 1.54) is 6.07 Å². The van der Waals surface area contributed by atoms with Gasteiger partial charge in [0.1, 0.15) is 14.2 Å². The summed E-state index contributed by atoms with van der Waals surface area (Å²) in [6.45, 7) is 9.18. The second-order valence-electron chi connectivity index (χ2n) is 5.51. The molecule has 0 bridgehead atoms. The third-order valence-corrected chi connectivity index (χ3v) is 3.95. The third kappa shape index (κ3) is 4.41. The van der Waals surface area contributed by atoms with Gasteiger partial charge in [-0.1, -0.05) is 24.8 Å². The minimum atomic E-state index is -4.61. The Morgan fingerprint density at radius 1 is 1.26 bits per heavy atom. The topological polar surface area (TPSA) is 34.7 Å². The predicted octanol–water partition coefficient (Wildman–Crippen LogP) is 3.52.